The normalized spacial score (nSPS) is 23.7. The number of hydrogen-bond acceptors (Lipinski definition) is 10. The van der Waals surface area contributed by atoms with Crippen LogP contribution in [-0.2, 0) is 14.3 Å². The SMILES string of the molecule is C=CCO[C@@]12Oc3ccc(OC(=O)NCCCCCCCCCCCC)cc3[C@H]3[C@H](CCCCO)[C@@H](CCCCO)C=C(C(=NOCC)C[C@@H]1N(CCC)C(=O)OC)[C@H]32. The van der Waals surface area contributed by atoms with Crippen LogP contribution in [0.5, 0.6) is 11.5 Å². The van der Waals surface area contributed by atoms with Gasteiger partial charge in [-0.05, 0) is 81.1 Å². The number of nitrogens with one attached hydrogen (secondary N) is 1. The summed E-state index contributed by atoms with van der Waals surface area (Å²) in [7, 11) is 1.38. The van der Waals surface area contributed by atoms with Gasteiger partial charge >= 0.3 is 12.2 Å². The van der Waals surface area contributed by atoms with Crippen molar-refractivity contribution in [2.75, 3.05) is 46.6 Å². The van der Waals surface area contributed by atoms with Gasteiger partial charge < -0.3 is 39.3 Å². The van der Waals surface area contributed by atoms with Crippen LogP contribution in [-0.4, -0.2) is 91.5 Å². The molecule has 0 radical (unpaired) electrons. The molecule has 4 rings (SSSR count). The second kappa shape index (κ2) is 25.9. The summed E-state index contributed by atoms with van der Waals surface area (Å²) in [5.41, 5.74) is 2.56. The molecule has 59 heavy (non-hydrogen) atoms. The lowest BCUT2D eigenvalue weighted by Gasteiger charge is -2.59. The molecule has 1 heterocycles. The maximum absolute atomic E-state index is 13.7. The van der Waals surface area contributed by atoms with Gasteiger partial charge in [0.1, 0.15) is 24.1 Å². The Kier molecular flexibility index (Phi) is 21.1. The van der Waals surface area contributed by atoms with E-state index in [2.05, 4.69) is 24.9 Å². The molecule has 1 aromatic carbocycles. The van der Waals surface area contributed by atoms with Gasteiger partial charge in [-0.15, -0.1) is 6.58 Å². The number of aliphatic hydroxyl groups is 2. The van der Waals surface area contributed by atoms with E-state index in [9.17, 15) is 19.8 Å². The number of hydrogen-bond donors (Lipinski definition) is 3. The van der Waals surface area contributed by atoms with Crippen molar-refractivity contribution < 1.29 is 43.6 Å². The molecule has 2 aliphatic carbocycles. The first-order valence-corrected chi connectivity index (χ1v) is 22.8. The minimum absolute atomic E-state index is 0.0496. The summed E-state index contributed by atoms with van der Waals surface area (Å²) < 4.78 is 25.4. The Hall–Kier alpha value is -3.61. The number of ether oxygens (including phenoxy) is 4. The topological polar surface area (TPSA) is 148 Å². The van der Waals surface area contributed by atoms with E-state index in [0.717, 1.165) is 55.4 Å². The maximum Gasteiger partial charge on any atom is 0.412 e. The number of allylic oxidation sites excluding steroid dienone is 1. The van der Waals surface area contributed by atoms with Gasteiger partial charge in [0.05, 0.1) is 25.3 Å². The molecule has 12 nitrogen and oxygen atoms in total. The van der Waals surface area contributed by atoms with Gasteiger partial charge in [-0.3, -0.25) is 4.90 Å². The van der Waals surface area contributed by atoms with Gasteiger partial charge in [-0.1, -0.05) is 102 Å². The fourth-order valence-corrected chi connectivity index (χ4v) is 9.53. The highest BCUT2D eigenvalue weighted by Gasteiger charge is 2.65. The molecule has 0 saturated heterocycles. The summed E-state index contributed by atoms with van der Waals surface area (Å²) in [6.07, 6.45) is 20.8. The summed E-state index contributed by atoms with van der Waals surface area (Å²) >= 11 is 0. The summed E-state index contributed by atoms with van der Waals surface area (Å²) in [6, 6.07) is 4.88. The van der Waals surface area contributed by atoms with Crippen LogP contribution < -0.4 is 14.8 Å². The second-order valence-electron chi connectivity index (χ2n) is 16.4. The minimum atomic E-state index is -1.37. The molecule has 6 atom stereocenters. The van der Waals surface area contributed by atoms with Crippen LogP contribution in [0.15, 0.2) is 47.7 Å². The maximum atomic E-state index is 13.7. The summed E-state index contributed by atoms with van der Waals surface area (Å²) in [4.78, 5) is 34.3. The van der Waals surface area contributed by atoms with E-state index in [1.165, 1.54) is 58.5 Å². The lowest BCUT2D eigenvalue weighted by atomic mass is 9.55. The Morgan fingerprint density at radius 3 is 2.29 bits per heavy atom. The Labute approximate surface area is 354 Å². The van der Waals surface area contributed by atoms with Crippen LogP contribution in [0.4, 0.5) is 9.59 Å². The molecule has 332 valence electrons. The third-order valence-corrected chi connectivity index (χ3v) is 12.2. The number of benzene rings is 1. The van der Waals surface area contributed by atoms with Gasteiger partial charge in [0, 0.05) is 44.2 Å². The average molecular weight is 826 g/mol. The van der Waals surface area contributed by atoms with E-state index in [1.54, 1.807) is 17.0 Å². The van der Waals surface area contributed by atoms with Crippen molar-refractivity contribution in [3.63, 3.8) is 0 Å². The molecule has 0 aromatic heterocycles. The number of aliphatic hydroxyl groups excluding tert-OH is 2. The first-order valence-electron chi connectivity index (χ1n) is 22.8. The predicted octanol–water partition coefficient (Wildman–Crippen LogP) is 9.83. The van der Waals surface area contributed by atoms with E-state index in [-0.39, 0.29) is 37.6 Å². The molecule has 1 aliphatic heterocycles. The van der Waals surface area contributed by atoms with E-state index in [0.29, 0.717) is 56.9 Å². The number of carbonyl (C=O) groups excluding carboxylic acids is 2. The number of carbonyl (C=O) groups is 2. The molecular weight excluding hydrogens is 751 g/mol. The highest BCUT2D eigenvalue weighted by molar-refractivity contribution is 6.03. The Morgan fingerprint density at radius 2 is 1.64 bits per heavy atom. The first-order chi connectivity index (χ1) is 28.8. The zero-order valence-electron chi connectivity index (χ0n) is 36.6. The number of amides is 2. The summed E-state index contributed by atoms with van der Waals surface area (Å²) in [5, 5.41) is 27.3. The molecule has 0 unspecified atom stereocenters. The lowest BCUT2D eigenvalue weighted by molar-refractivity contribution is -0.255. The van der Waals surface area contributed by atoms with Crippen LogP contribution in [0.1, 0.15) is 148 Å². The van der Waals surface area contributed by atoms with Gasteiger partial charge in [-0.2, -0.15) is 0 Å². The highest BCUT2D eigenvalue weighted by Crippen LogP contribution is 2.62. The Balaban J connectivity index is 1.73. The fraction of sp³-hybridized carbons (Fsp3) is 0.723. The van der Waals surface area contributed by atoms with Gasteiger partial charge in [0.2, 0.25) is 5.79 Å². The molecule has 1 aromatic rings. The zero-order valence-corrected chi connectivity index (χ0v) is 36.6. The molecule has 1 saturated carbocycles. The molecule has 0 spiro atoms. The van der Waals surface area contributed by atoms with Crippen molar-refractivity contribution in [1.29, 1.82) is 0 Å². The smallest absolute Gasteiger partial charge is 0.412 e. The van der Waals surface area contributed by atoms with E-state index >= 15 is 0 Å². The van der Waals surface area contributed by atoms with Crippen molar-refractivity contribution in [3.05, 3.63) is 48.1 Å². The van der Waals surface area contributed by atoms with Crippen LogP contribution in [0.3, 0.4) is 0 Å². The molecular formula is C47H75N3O9. The molecule has 3 N–H and O–H groups in total. The largest absolute Gasteiger partial charge is 0.459 e. The highest BCUT2D eigenvalue weighted by atomic mass is 16.7. The monoisotopic (exact) mass is 826 g/mol. The van der Waals surface area contributed by atoms with Crippen LogP contribution >= 0.6 is 0 Å². The van der Waals surface area contributed by atoms with Gasteiger partial charge in [-0.25, -0.2) is 9.59 Å². The van der Waals surface area contributed by atoms with Crippen molar-refractivity contribution in [2.45, 2.75) is 154 Å². The van der Waals surface area contributed by atoms with Gasteiger partial charge in [0.25, 0.3) is 0 Å². The number of nitrogens with zero attached hydrogens (tertiary/aromatic N) is 2. The first kappa shape index (κ1) is 48.1. The number of rotatable bonds is 28. The zero-order chi connectivity index (χ0) is 42.5. The number of fused-ring (bicyclic) bond motifs is 2. The van der Waals surface area contributed by atoms with Gasteiger partial charge in [0.15, 0.2) is 0 Å². The molecule has 12 heteroatoms. The van der Waals surface area contributed by atoms with Crippen LogP contribution in [0.25, 0.3) is 0 Å². The number of methoxy groups -OCH3 is 1. The molecule has 0 bridgehead atoms. The molecule has 2 amide bonds. The summed E-state index contributed by atoms with van der Waals surface area (Å²) in [5.74, 6) is -0.912. The fourth-order valence-electron chi connectivity index (χ4n) is 9.53. The van der Waals surface area contributed by atoms with E-state index < -0.39 is 29.9 Å². The van der Waals surface area contributed by atoms with E-state index in [4.69, 9.17) is 28.9 Å². The van der Waals surface area contributed by atoms with Crippen molar-refractivity contribution in [2.24, 2.45) is 22.9 Å². The van der Waals surface area contributed by atoms with Crippen LogP contribution in [0.2, 0.25) is 0 Å². The average Bonchev–Trinajstić information content (AvgIpc) is 3.24. The molecule has 1 fully saturated rings. The number of oxime groups is 1. The Morgan fingerprint density at radius 1 is 0.949 bits per heavy atom. The third kappa shape index (κ3) is 12.9. The lowest BCUT2D eigenvalue weighted by Crippen LogP contribution is -2.70. The molecule has 3 aliphatic rings. The summed E-state index contributed by atoms with van der Waals surface area (Å²) in [6.45, 7) is 11.8. The third-order valence-electron chi connectivity index (χ3n) is 12.2. The minimum Gasteiger partial charge on any atom is -0.459 e. The quantitative estimate of drug-likeness (QED) is 0.0427. The van der Waals surface area contributed by atoms with Crippen molar-refractivity contribution >= 4 is 17.9 Å². The van der Waals surface area contributed by atoms with E-state index in [1.807, 2.05) is 26.0 Å². The van der Waals surface area contributed by atoms with Crippen LogP contribution in [0, 0.1) is 17.8 Å². The predicted molar refractivity (Wildman–Crippen MR) is 232 cm³/mol. The van der Waals surface area contributed by atoms with Crippen molar-refractivity contribution in [1.82, 2.24) is 10.2 Å². The second-order valence-corrected chi connectivity index (χ2v) is 16.4. The standard InChI is InChI=1S/C47H75N3O9/c1-6-10-11-12-13-14-15-16-17-20-27-48-45(53)58-36-25-26-41-39(33-36)43-37(24-19-22-30-52)35(23-18-21-29-51)32-38-40(49-57-9-4)34-42(50(28-7-2)46(54)55-5)47(59-41,44(38)43)56-31-8-3/h8,25-26,32-33,35,37,42-44,51-52H,3,6-7,9-24,27-31,34H2,1-2,4-5H3,(H,48,53)/t35-,37+,42-,43+,44+,47+/m0/s1. The number of unbranched alkanes of at least 4 members (excludes halogenated alkanes) is 11. The van der Waals surface area contributed by atoms with Crippen molar-refractivity contribution in [3.8, 4) is 11.5 Å². The Bertz CT molecular complexity index is 1500.